The van der Waals surface area contributed by atoms with E-state index < -0.39 is 0 Å². The van der Waals surface area contributed by atoms with Gasteiger partial charge in [-0.1, -0.05) is 27.2 Å². The van der Waals surface area contributed by atoms with E-state index in [0.717, 1.165) is 18.5 Å². The van der Waals surface area contributed by atoms with E-state index in [0.29, 0.717) is 23.3 Å². The molecule has 0 aliphatic heterocycles. The molecule has 3 atom stereocenters. The number of benzene rings is 1. The number of hydrogen-bond acceptors (Lipinski definition) is 3. The van der Waals surface area contributed by atoms with E-state index in [-0.39, 0.29) is 12.1 Å². The second-order valence-corrected chi connectivity index (χ2v) is 6.60. The van der Waals surface area contributed by atoms with Gasteiger partial charge in [-0.15, -0.1) is 0 Å². The molecule has 1 N–H and O–H groups in total. The monoisotopic (exact) mass is 289 g/mol. The van der Waals surface area contributed by atoms with Crippen LogP contribution in [0.2, 0.25) is 0 Å². The van der Waals surface area contributed by atoms with E-state index in [1.54, 1.807) is 0 Å². The van der Waals surface area contributed by atoms with Crippen LogP contribution in [0.5, 0.6) is 0 Å². The van der Waals surface area contributed by atoms with Crippen molar-refractivity contribution in [1.29, 1.82) is 0 Å². The van der Waals surface area contributed by atoms with Crippen molar-refractivity contribution in [2.45, 2.75) is 46.1 Å². The molecular formula is C18H27NO2. The van der Waals surface area contributed by atoms with E-state index in [9.17, 15) is 4.79 Å². The smallest absolute Gasteiger partial charge is 0.338 e. The maximum Gasteiger partial charge on any atom is 0.338 e. The lowest BCUT2D eigenvalue weighted by molar-refractivity contribution is -0.0174. The summed E-state index contributed by atoms with van der Waals surface area (Å²) < 4.78 is 5.84. The minimum atomic E-state index is -0.192. The number of hydrogen-bond donors (Lipinski definition) is 1. The molecule has 0 saturated heterocycles. The lowest BCUT2D eigenvalue weighted by Crippen LogP contribution is -2.35. The standard InChI is InChI=1S/C18H27NO2/c1-12(2)16-10-5-13(3)11-17(16)21-18(20)14-6-8-15(19-4)9-7-14/h6-9,12-13,16-17,19H,5,10-11H2,1-4H3. The summed E-state index contributed by atoms with van der Waals surface area (Å²) in [7, 11) is 1.87. The molecule has 116 valence electrons. The molecule has 1 aliphatic rings. The summed E-state index contributed by atoms with van der Waals surface area (Å²) in [6, 6.07) is 7.45. The zero-order chi connectivity index (χ0) is 15.4. The number of carbonyl (C=O) groups excluding carboxylic acids is 1. The van der Waals surface area contributed by atoms with Crippen LogP contribution in [-0.4, -0.2) is 19.1 Å². The third-order valence-electron chi connectivity index (χ3n) is 4.63. The van der Waals surface area contributed by atoms with Gasteiger partial charge in [0, 0.05) is 12.7 Å². The third kappa shape index (κ3) is 3.99. The van der Waals surface area contributed by atoms with Crippen LogP contribution in [0.4, 0.5) is 5.69 Å². The first-order chi connectivity index (χ1) is 10.0. The van der Waals surface area contributed by atoms with Crippen LogP contribution in [0.25, 0.3) is 0 Å². The molecule has 3 nitrogen and oxygen atoms in total. The number of rotatable bonds is 4. The van der Waals surface area contributed by atoms with Gasteiger partial charge >= 0.3 is 5.97 Å². The van der Waals surface area contributed by atoms with Gasteiger partial charge in [0.25, 0.3) is 0 Å². The first-order valence-electron chi connectivity index (χ1n) is 8.00. The Balaban J connectivity index is 2.04. The van der Waals surface area contributed by atoms with Crippen molar-refractivity contribution in [3.05, 3.63) is 29.8 Å². The molecule has 0 aromatic heterocycles. The second kappa shape index (κ2) is 6.97. The minimum Gasteiger partial charge on any atom is -0.458 e. The van der Waals surface area contributed by atoms with Crippen LogP contribution in [0.15, 0.2) is 24.3 Å². The summed E-state index contributed by atoms with van der Waals surface area (Å²) in [5.74, 6) is 1.50. The quantitative estimate of drug-likeness (QED) is 0.838. The van der Waals surface area contributed by atoms with Gasteiger partial charge in [0.05, 0.1) is 5.56 Å². The fourth-order valence-corrected chi connectivity index (χ4v) is 3.23. The van der Waals surface area contributed by atoms with Crippen LogP contribution in [0, 0.1) is 17.8 Å². The average Bonchev–Trinajstić information content (AvgIpc) is 2.47. The molecule has 1 aromatic carbocycles. The molecule has 1 fully saturated rings. The first kappa shape index (κ1) is 15.9. The number of nitrogens with one attached hydrogen (secondary N) is 1. The molecule has 1 aromatic rings. The molecule has 3 heteroatoms. The Bertz CT molecular complexity index is 467. The third-order valence-corrected chi connectivity index (χ3v) is 4.63. The zero-order valence-corrected chi connectivity index (χ0v) is 13.6. The molecule has 0 spiro atoms. The van der Waals surface area contributed by atoms with Crippen molar-refractivity contribution < 1.29 is 9.53 Å². The maximum atomic E-state index is 12.3. The predicted octanol–water partition coefficient (Wildman–Crippen LogP) is 4.35. The highest BCUT2D eigenvalue weighted by Gasteiger charge is 2.33. The number of esters is 1. The lowest BCUT2D eigenvalue weighted by atomic mass is 9.75. The lowest BCUT2D eigenvalue weighted by Gasteiger charge is -2.36. The molecule has 2 rings (SSSR count). The van der Waals surface area contributed by atoms with E-state index in [1.165, 1.54) is 6.42 Å². The van der Waals surface area contributed by atoms with Crippen LogP contribution in [0.3, 0.4) is 0 Å². The Kier molecular flexibility index (Phi) is 5.27. The SMILES string of the molecule is CNc1ccc(C(=O)OC2CC(C)CCC2C(C)C)cc1. The molecule has 0 bridgehead atoms. The second-order valence-electron chi connectivity index (χ2n) is 6.60. The van der Waals surface area contributed by atoms with Crippen molar-refractivity contribution in [2.24, 2.45) is 17.8 Å². The molecule has 0 radical (unpaired) electrons. The first-order valence-corrected chi connectivity index (χ1v) is 8.00. The minimum absolute atomic E-state index is 0.0604. The summed E-state index contributed by atoms with van der Waals surface area (Å²) in [5.41, 5.74) is 1.63. The van der Waals surface area contributed by atoms with Gasteiger partial charge in [0.1, 0.15) is 6.10 Å². The largest absolute Gasteiger partial charge is 0.458 e. The number of carbonyl (C=O) groups is 1. The molecule has 0 amide bonds. The molecule has 1 saturated carbocycles. The van der Waals surface area contributed by atoms with Crippen molar-refractivity contribution >= 4 is 11.7 Å². The van der Waals surface area contributed by atoms with E-state index in [2.05, 4.69) is 26.1 Å². The molecular weight excluding hydrogens is 262 g/mol. The Morgan fingerprint density at radius 1 is 1.24 bits per heavy atom. The van der Waals surface area contributed by atoms with E-state index in [1.807, 2.05) is 31.3 Å². The topological polar surface area (TPSA) is 38.3 Å². The Morgan fingerprint density at radius 3 is 2.48 bits per heavy atom. The fraction of sp³-hybridized carbons (Fsp3) is 0.611. The molecule has 3 unspecified atom stereocenters. The van der Waals surface area contributed by atoms with Gasteiger partial charge in [-0.2, -0.15) is 0 Å². The summed E-state index contributed by atoms with van der Waals surface area (Å²) in [6.45, 7) is 6.70. The van der Waals surface area contributed by atoms with Gasteiger partial charge in [-0.05, 0) is 54.9 Å². The normalized spacial score (nSPS) is 25.7. The van der Waals surface area contributed by atoms with Crippen LogP contribution in [0.1, 0.15) is 50.4 Å². The van der Waals surface area contributed by atoms with E-state index >= 15 is 0 Å². The molecule has 21 heavy (non-hydrogen) atoms. The molecule has 1 aliphatic carbocycles. The number of ether oxygens (including phenoxy) is 1. The van der Waals surface area contributed by atoms with Crippen molar-refractivity contribution in [2.75, 3.05) is 12.4 Å². The highest BCUT2D eigenvalue weighted by atomic mass is 16.5. The van der Waals surface area contributed by atoms with Crippen LogP contribution >= 0.6 is 0 Å². The summed E-state index contributed by atoms with van der Waals surface area (Å²) >= 11 is 0. The summed E-state index contributed by atoms with van der Waals surface area (Å²) in [4.78, 5) is 12.3. The molecule has 0 heterocycles. The Hall–Kier alpha value is -1.51. The van der Waals surface area contributed by atoms with Gasteiger partial charge in [0.2, 0.25) is 0 Å². The van der Waals surface area contributed by atoms with Gasteiger partial charge in [-0.3, -0.25) is 0 Å². The number of anilines is 1. The van der Waals surface area contributed by atoms with Crippen molar-refractivity contribution in [1.82, 2.24) is 0 Å². The van der Waals surface area contributed by atoms with Crippen molar-refractivity contribution in [3.63, 3.8) is 0 Å². The summed E-state index contributed by atoms with van der Waals surface area (Å²) in [6.07, 6.45) is 3.46. The van der Waals surface area contributed by atoms with Gasteiger partial charge < -0.3 is 10.1 Å². The summed E-state index contributed by atoms with van der Waals surface area (Å²) in [5, 5.41) is 3.05. The van der Waals surface area contributed by atoms with Crippen LogP contribution < -0.4 is 5.32 Å². The highest BCUT2D eigenvalue weighted by molar-refractivity contribution is 5.89. The van der Waals surface area contributed by atoms with Crippen LogP contribution in [-0.2, 0) is 4.74 Å². The highest BCUT2D eigenvalue weighted by Crippen LogP contribution is 2.35. The Morgan fingerprint density at radius 2 is 1.90 bits per heavy atom. The van der Waals surface area contributed by atoms with E-state index in [4.69, 9.17) is 4.74 Å². The van der Waals surface area contributed by atoms with Gasteiger partial charge in [0.15, 0.2) is 0 Å². The van der Waals surface area contributed by atoms with Gasteiger partial charge in [-0.25, -0.2) is 4.79 Å². The predicted molar refractivity (Wildman–Crippen MR) is 86.5 cm³/mol. The average molecular weight is 289 g/mol. The Labute approximate surface area is 128 Å². The maximum absolute atomic E-state index is 12.3. The van der Waals surface area contributed by atoms with Crippen molar-refractivity contribution in [3.8, 4) is 0 Å². The zero-order valence-electron chi connectivity index (χ0n) is 13.6. The fourth-order valence-electron chi connectivity index (χ4n) is 3.23.